The molecule has 0 bridgehead atoms. The number of benzene rings is 2. The highest BCUT2D eigenvalue weighted by Crippen LogP contribution is 2.30. The third-order valence-corrected chi connectivity index (χ3v) is 5.03. The minimum atomic E-state index is -2.90. The van der Waals surface area contributed by atoms with E-state index in [1.807, 2.05) is 6.07 Å². The zero-order valence-electron chi connectivity index (χ0n) is 15.3. The summed E-state index contributed by atoms with van der Waals surface area (Å²) in [6, 6.07) is 17.0. The highest BCUT2D eigenvalue weighted by Gasteiger charge is 2.23. The molecule has 2 heterocycles. The van der Waals surface area contributed by atoms with Gasteiger partial charge in [-0.15, -0.1) is 0 Å². The normalized spacial score (nSPS) is 15.8. The molecule has 1 aromatic heterocycles. The number of alkyl halides is 2. The van der Waals surface area contributed by atoms with Crippen LogP contribution in [-0.2, 0) is 6.54 Å². The van der Waals surface area contributed by atoms with Crippen LogP contribution in [0.15, 0.2) is 59.1 Å². The summed E-state index contributed by atoms with van der Waals surface area (Å²) in [6.45, 7) is -0.463. The van der Waals surface area contributed by atoms with Gasteiger partial charge in [-0.2, -0.15) is 13.8 Å². The molecule has 0 N–H and O–H groups in total. The van der Waals surface area contributed by atoms with Crippen LogP contribution in [0.25, 0.3) is 11.4 Å². The average molecular weight is 385 g/mol. The van der Waals surface area contributed by atoms with E-state index in [9.17, 15) is 8.78 Å². The van der Waals surface area contributed by atoms with Crippen LogP contribution in [-0.4, -0.2) is 34.7 Å². The largest absolute Gasteiger partial charge is 0.434 e. The Labute approximate surface area is 161 Å². The molecule has 7 heteroatoms. The molecule has 1 fully saturated rings. The van der Waals surface area contributed by atoms with E-state index < -0.39 is 6.61 Å². The second kappa shape index (κ2) is 8.48. The van der Waals surface area contributed by atoms with E-state index in [1.54, 1.807) is 18.2 Å². The van der Waals surface area contributed by atoms with E-state index in [4.69, 9.17) is 4.52 Å². The number of para-hydroxylation sites is 1. The van der Waals surface area contributed by atoms with Crippen LogP contribution in [0.1, 0.15) is 30.2 Å². The third-order valence-electron chi connectivity index (χ3n) is 5.03. The van der Waals surface area contributed by atoms with Crippen LogP contribution < -0.4 is 4.74 Å². The Balaban J connectivity index is 1.39. The molecule has 1 saturated heterocycles. The standard InChI is InChI=1S/C21H21F2N3O2/c22-21(23)27-18-9-5-4-8-17(18)20-24-19(28-25-20)14-26-12-10-16(11-13-26)15-6-2-1-3-7-15/h1-9,16,21H,10-14H2. The number of likely N-dealkylation sites (tertiary alicyclic amines) is 1. The molecule has 0 atom stereocenters. The summed E-state index contributed by atoms with van der Waals surface area (Å²) in [5.74, 6) is 1.34. The van der Waals surface area contributed by atoms with Gasteiger partial charge in [-0.05, 0) is 49.5 Å². The van der Waals surface area contributed by atoms with E-state index in [1.165, 1.54) is 11.6 Å². The van der Waals surface area contributed by atoms with Crippen molar-refractivity contribution in [2.24, 2.45) is 0 Å². The highest BCUT2D eigenvalue weighted by molar-refractivity contribution is 5.63. The maximum atomic E-state index is 12.6. The number of hydrogen-bond donors (Lipinski definition) is 0. The predicted molar refractivity (Wildman–Crippen MR) is 100 cm³/mol. The fourth-order valence-electron chi connectivity index (χ4n) is 3.62. The Morgan fingerprint density at radius 1 is 1.04 bits per heavy atom. The van der Waals surface area contributed by atoms with E-state index in [2.05, 4.69) is 44.0 Å². The van der Waals surface area contributed by atoms with Crippen LogP contribution in [0.4, 0.5) is 8.78 Å². The Morgan fingerprint density at radius 2 is 1.75 bits per heavy atom. The smallest absolute Gasteiger partial charge is 0.387 e. The van der Waals surface area contributed by atoms with Crippen LogP contribution in [0.5, 0.6) is 5.75 Å². The van der Waals surface area contributed by atoms with Gasteiger partial charge in [0.25, 0.3) is 0 Å². The second-order valence-electron chi connectivity index (χ2n) is 6.85. The summed E-state index contributed by atoms with van der Waals surface area (Å²) in [5, 5.41) is 3.94. The zero-order valence-corrected chi connectivity index (χ0v) is 15.3. The summed E-state index contributed by atoms with van der Waals surface area (Å²) in [7, 11) is 0. The Bertz CT molecular complexity index is 893. The molecule has 28 heavy (non-hydrogen) atoms. The number of hydrogen-bond acceptors (Lipinski definition) is 5. The van der Waals surface area contributed by atoms with Gasteiger partial charge in [0.1, 0.15) is 5.75 Å². The first kappa shape index (κ1) is 18.6. The highest BCUT2D eigenvalue weighted by atomic mass is 19.3. The lowest BCUT2D eigenvalue weighted by atomic mass is 9.89. The van der Waals surface area contributed by atoms with Crippen LogP contribution in [0.2, 0.25) is 0 Å². The quantitative estimate of drug-likeness (QED) is 0.615. The average Bonchev–Trinajstić information content (AvgIpc) is 3.17. The molecule has 0 saturated carbocycles. The molecular formula is C21H21F2N3O2. The van der Waals surface area contributed by atoms with Gasteiger partial charge < -0.3 is 9.26 Å². The van der Waals surface area contributed by atoms with E-state index in [0.717, 1.165) is 25.9 Å². The minimum Gasteiger partial charge on any atom is -0.434 e. The molecule has 5 nitrogen and oxygen atoms in total. The van der Waals surface area contributed by atoms with Crippen molar-refractivity contribution < 1.29 is 18.0 Å². The molecule has 3 aromatic rings. The SMILES string of the molecule is FC(F)Oc1ccccc1-c1noc(CN2CCC(c3ccccc3)CC2)n1. The monoisotopic (exact) mass is 385 g/mol. The molecule has 146 valence electrons. The lowest BCUT2D eigenvalue weighted by Crippen LogP contribution is -2.32. The summed E-state index contributed by atoms with van der Waals surface area (Å²) in [5.41, 5.74) is 1.78. The van der Waals surface area contributed by atoms with Gasteiger partial charge in [0, 0.05) is 0 Å². The van der Waals surface area contributed by atoms with Crippen molar-refractivity contribution >= 4 is 0 Å². The van der Waals surface area contributed by atoms with Crippen molar-refractivity contribution in [1.29, 1.82) is 0 Å². The van der Waals surface area contributed by atoms with Crippen LogP contribution in [0.3, 0.4) is 0 Å². The fraction of sp³-hybridized carbons (Fsp3) is 0.333. The zero-order chi connectivity index (χ0) is 19.3. The molecule has 0 aliphatic carbocycles. The lowest BCUT2D eigenvalue weighted by Gasteiger charge is -2.31. The van der Waals surface area contributed by atoms with Gasteiger partial charge >= 0.3 is 6.61 Å². The second-order valence-corrected chi connectivity index (χ2v) is 6.85. The van der Waals surface area contributed by atoms with Gasteiger partial charge in [-0.1, -0.05) is 47.6 Å². The van der Waals surface area contributed by atoms with Gasteiger partial charge in [0.15, 0.2) is 0 Å². The molecule has 0 spiro atoms. The van der Waals surface area contributed by atoms with E-state index >= 15 is 0 Å². The maximum absolute atomic E-state index is 12.6. The Kier molecular flexibility index (Phi) is 5.62. The Hall–Kier alpha value is -2.80. The number of piperidine rings is 1. The van der Waals surface area contributed by atoms with Crippen molar-refractivity contribution in [3.8, 4) is 17.1 Å². The molecule has 2 aromatic carbocycles. The van der Waals surface area contributed by atoms with Gasteiger partial charge in [-0.25, -0.2) is 0 Å². The third kappa shape index (κ3) is 4.36. The molecule has 1 aliphatic rings. The summed E-state index contributed by atoms with van der Waals surface area (Å²) in [6.07, 6.45) is 2.16. The maximum Gasteiger partial charge on any atom is 0.387 e. The van der Waals surface area contributed by atoms with E-state index in [-0.39, 0.29) is 11.6 Å². The molecule has 0 radical (unpaired) electrons. The molecule has 0 unspecified atom stereocenters. The summed E-state index contributed by atoms with van der Waals surface area (Å²) in [4.78, 5) is 6.65. The predicted octanol–water partition coefficient (Wildman–Crippen LogP) is 4.72. The summed E-state index contributed by atoms with van der Waals surface area (Å²) >= 11 is 0. The first-order chi connectivity index (χ1) is 13.7. The van der Waals surface area contributed by atoms with E-state index in [0.29, 0.717) is 23.9 Å². The lowest BCUT2D eigenvalue weighted by molar-refractivity contribution is -0.0494. The van der Waals surface area contributed by atoms with Crippen LogP contribution in [0, 0.1) is 0 Å². The number of ether oxygens (including phenoxy) is 1. The molecule has 1 aliphatic heterocycles. The Morgan fingerprint density at radius 3 is 2.50 bits per heavy atom. The molecule has 4 rings (SSSR count). The van der Waals surface area contributed by atoms with Crippen molar-refractivity contribution in [2.45, 2.75) is 31.9 Å². The van der Waals surface area contributed by atoms with Crippen molar-refractivity contribution in [2.75, 3.05) is 13.1 Å². The minimum absolute atomic E-state index is 0.0357. The van der Waals surface area contributed by atoms with Crippen molar-refractivity contribution in [1.82, 2.24) is 15.0 Å². The molecule has 0 amide bonds. The van der Waals surface area contributed by atoms with Crippen molar-refractivity contribution in [3.63, 3.8) is 0 Å². The van der Waals surface area contributed by atoms with Crippen molar-refractivity contribution in [3.05, 3.63) is 66.1 Å². The fourth-order valence-corrected chi connectivity index (χ4v) is 3.62. The topological polar surface area (TPSA) is 51.4 Å². The first-order valence-electron chi connectivity index (χ1n) is 9.33. The number of nitrogens with zero attached hydrogens (tertiary/aromatic N) is 3. The van der Waals surface area contributed by atoms with Gasteiger partial charge in [-0.3, -0.25) is 4.90 Å². The number of rotatable bonds is 6. The summed E-state index contributed by atoms with van der Waals surface area (Å²) < 4.78 is 35.1. The van der Waals surface area contributed by atoms with Crippen LogP contribution >= 0.6 is 0 Å². The van der Waals surface area contributed by atoms with Gasteiger partial charge in [0.05, 0.1) is 12.1 Å². The number of halogens is 2. The number of aromatic nitrogens is 2. The molecular weight excluding hydrogens is 364 g/mol. The first-order valence-corrected chi connectivity index (χ1v) is 9.33. The van der Waals surface area contributed by atoms with Gasteiger partial charge in [0.2, 0.25) is 11.7 Å².